The van der Waals surface area contributed by atoms with E-state index in [1.54, 1.807) is 14.2 Å². The van der Waals surface area contributed by atoms with Crippen LogP contribution in [0.4, 0.5) is 0 Å². The summed E-state index contributed by atoms with van der Waals surface area (Å²) in [6.07, 6.45) is 0. The van der Waals surface area contributed by atoms with Crippen LogP contribution in [0.2, 0.25) is 0 Å². The molecule has 1 atom stereocenters. The number of hydrogen-bond donors (Lipinski definition) is 3. The van der Waals surface area contributed by atoms with Crippen LogP contribution in [-0.2, 0) is 11.3 Å². The lowest BCUT2D eigenvalue weighted by Crippen LogP contribution is -2.43. The quantitative estimate of drug-likeness (QED) is 0.323. The topological polar surface area (TPSA) is 74.8 Å². The minimum absolute atomic E-state index is 0. The molecule has 0 bridgehead atoms. The molecule has 2 aromatic rings. The number of methoxy groups -OCH3 is 1. The average Bonchev–Trinajstić information content (AvgIpc) is 2.70. The Morgan fingerprint density at radius 3 is 2.33 bits per heavy atom. The summed E-state index contributed by atoms with van der Waals surface area (Å²) in [5.41, 5.74) is 2.17. The Kier molecular flexibility index (Phi) is 10.2. The first-order valence-corrected chi connectivity index (χ1v) is 8.54. The largest absolute Gasteiger partial charge is 0.497 e. The third kappa shape index (κ3) is 7.86. The van der Waals surface area contributed by atoms with Crippen molar-refractivity contribution in [3.63, 3.8) is 0 Å². The van der Waals surface area contributed by atoms with Gasteiger partial charge in [-0.15, -0.1) is 24.0 Å². The number of hydrogen-bond acceptors (Lipinski definition) is 3. The number of aliphatic imine (C=N–C) groups is 1. The number of nitrogens with one attached hydrogen (secondary N) is 3. The number of nitrogens with zero attached hydrogens (tertiary/aromatic N) is 1. The van der Waals surface area contributed by atoms with Crippen LogP contribution in [0, 0.1) is 0 Å². The molecule has 0 spiro atoms. The summed E-state index contributed by atoms with van der Waals surface area (Å²) in [5.74, 6) is 1.28. The van der Waals surface area contributed by atoms with Crippen LogP contribution in [-0.4, -0.2) is 32.6 Å². The van der Waals surface area contributed by atoms with E-state index >= 15 is 0 Å². The van der Waals surface area contributed by atoms with Gasteiger partial charge >= 0.3 is 0 Å². The van der Waals surface area contributed by atoms with Crippen molar-refractivity contribution < 1.29 is 9.53 Å². The molecule has 0 aliphatic carbocycles. The molecule has 1 unspecified atom stereocenters. The van der Waals surface area contributed by atoms with Crippen molar-refractivity contribution in [2.24, 2.45) is 4.99 Å². The zero-order valence-electron chi connectivity index (χ0n) is 15.9. The van der Waals surface area contributed by atoms with Crippen LogP contribution >= 0.6 is 24.0 Å². The van der Waals surface area contributed by atoms with Crippen LogP contribution in [0.3, 0.4) is 0 Å². The van der Waals surface area contributed by atoms with Gasteiger partial charge in [0.25, 0.3) is 0 Å². The van der Waals surface area contributed by atoms with Crippen molar-refractivity contribution in [3.8, 4) is 5.75 Å². The first kappa shape index (κ1) is 22.8. The fourth-order valence-electron chi connectivity index (χ4n) is 2.40. The summed E-state index contributed by atoms with van der Waals surface area (Å²) < 4.78 is 5.12. The van der Waals surface area contributed by atoms with Gasteiger partial charge < -0.3 is 20.7 Å². The molecule has 0 radical (unpaired) electrons. The lowest BCUT2D eigenvalue weighted by atomic mass is 10.1. The fourth-order valence-corrected chi connectivity index (χ4v) is 2.40. The Bertz CT molecular complexity index is 721. The highest BCUT2D eigenvalue weighted by Crippen LogP contribution is 2.11. The SMILES string of the molecule is CN=C(NCC(=O)NCc1ccc(OC)cc1)NC(C)c1ccccc1.I. The van der Waals surface area contributed by atoms with Gasteiger partial charge in [0.05, 0.1) is 19.7 Å². The Morgan fingerprint density at radius 1 is 1.07 bits per heavy atom. The second kappa shape index (κ2) is 12.2. The molecule has 2 aromatic carbocycles. The summed E-state index contributed by atoms with van der Waals surface area (Å²) in [6.45, 7) is 2.67. The van der Waals surface area contributed by atoms with E-state index in [4.69, 9.17) is 4.74 Å². The average molecular weight is 482 g/mol. The van der Waals surface area contributed by atoms with E-state index < -0.39 is 0 Å². The maximum absolute atomic E-state index is 12.0. The molecule has 27 heavy (non-hydrogen) atoms. The molecule has 0 saturated carbocycles. The summed E-state index contributed by atoms with van der Waals surface area (Å²) >= 11 is 0. The van der Waals surface area contributed by atoms with Gasteiger partial charge in [-0.25, -0.2) is 0 Å². The number of halogens is 1. The second-order valence-electron chi connectivity index (χ2n) is 5.83. The molecular weight excluding hydrogens is 455 g/mol. The van der Waals surface area contributed by atoms with Crippen molar-refractivity contribution in [2.45, 2.75) is 19.5 Å². The minimum Gasteiger partial charge on any atom is -0.497 e. The van der Waals surface area contributed by atoms with Crippen LogP contribution in [0.25, 0.3) is 0 Å². The van der Waals surface area contributed by atoms with Crippen LogP contribution in [0.1, 0.15) is 24.1 Å². The van der Waals surface area contributed by atoms with Gasteiger partial charge in [0, 0.05) is 13.6 Å². The number of carbonyl (C=O) groups is 1. The monoisotopic (exact) mass is 482 g/mol. The molecule has 146 valence electrons. The molecule has 0 fully saturated rings. The predicted octanol–water partition coefficient (Wildman–Crippen LogP) is 2.86. The van der Waals surface area contributed by atoms with Crippen LogP contribution < -0.4 is 20.7 Å². The van der Waals surface area contributed by atoms with Gasteiger partial charge in [0.15, 0.2) is 5.96 Å². The van der Waals surface area contributed by atoms with E-state index in [0.29, 0.717) is 12.5 Å². The number of rotatable bonds is 7. The van der Waals surface area contributed by atoms with Gasteiger partial charge in [-0.05, 0) is 30.2 Å². The molecule has 0 heterocycles. The zero-order valence-corrected chi connectivity index (χ0v) is 18.2. The highest BCUT2D eigenvalue weighted by Gasteiger charge is 2.08. The Labute approximate surface area is 177 Å². The first-order valence-electron chi connectivity index (χ1n) is 8.54. The van der Waals surface area contributed by atoms with E-state index in [0.717, 1.165) is 16.9 Å². The molecule has 0 aromatic heterocycles. The molecule has 3 N–H and O–H groups in total. The molecule has 0 aliphatic rings. The predicted molar refractivity (Wildman–Crippen MR) is 120 cm³/mol. The molecule has 7 heteroatoms. The zero-order chi connectivity index (χ0) is 18.8. The second-order valence-corrected chi connectivity index (χ2v) is 5.83. The van der Waals surface area contributed by atoms with Crippen LogP contribution in [0.15, 0.2) is 59.6 Å². The van der Waals surface area contributed by atoms with Crippen molar-refractivity contribution in [2.75, 3.05) is 20.7 Å². The Balaban J connectivity index is 0.00000364. The Morgan fingerprint density at radius 2 is 1.74 bits per heavy atom. The normalized spacial score (nSPS) is 11.7. The molecular formula is C20H27IN4O2. The summed E-state index contributed by atoms with van der Waals surface area (Å²) in [4.78, 5) is 16.2. The van der Waals surface area contributed by atoms with Crippen molar-refractivity contribution >= 4 is 35.8 Å². The molecule has 6 nitrogen and oxygen atoms in total. The van der Waals surface area contributed by atoms with E-state index in [1.807, 2.05) is 61.5 Å². The number of amides is 1. The van der Waals surface area contributed by atoms with Gasteiger partial charge in [0.2, 0.25) is 5.91 Å². The van der Waals surface area contributed by atoms with E-state index in [-0.39, 0.29) is 42.5 Å². The lowest BCUT2D eigenvalue weighted by molar-refractivity contribution is -0.120. The standard InChI is InChI=1S/C20H26N4O2.HI/c1-15(17-7-5-4-6-8-17)24-20(21-2)23-14-19(25)22-13-16-9-11-18(26-3)12-10-16;/h4-12,15H,13-14H2,1-3H3,(H,22,25)(H2,21,23,24);1H. The maximum atomic E-state index is 12.0. The van der Waals surface area contributed by atoms with Crippen molar-refractivity contribution in [3.05, 3.63) is 65.7 Å². The number of carbonyl (C=O) groups excluding carboxylic acids is 1. The van der Waals surface area contributed by atoms with Gasteiger partial charge in [-0.2, -0.15) is 0 Å². The summed E-state index contributed by atoms with van der Waals surface area (Å²) in [6, 6.07) is 17.8. The number of ether oxygens (including phenoxy) is 1. The highest BCUT2D eigenvalue weighted by atomic mass is 127. The minimum atomic E-state index is -0.101. The van der Waals surface area contributed by atoms with Gasteiger partial charge in [-0.3, -0.25) is 9.79 Å². The third-order valence-corrected chi connectivity index (χ3v) is 3.94. The first-order chi connectivity index (χ1) is 12.6. The number of guanidine groups is 1. The molecule has 0 saturated heterocycles. The molecule has 0 aliphatic heterocycles. The lowest BCUT2D eigenvalue weighted by Gasteiger charge is -2.18. The smallest absolute Gasteiger partial charge is 0.239 e. The van der Waals surface area contributed by atoms with Crippen LogP contribution in [0.5, 0.6) is 5.75 Å². The highest BCUT2D eigenvalue weighted by molar-refractivity contribution is 14.0. The number of benzene rings is 2. The summed E-state index contributed by atoms with van der Waals surface area (Å²) in [7, 11) is 3.31. The van der Waals surface area contributed by atoms with E-state index in [2.05, 4.69) is 20.9 Å². The Hall–Kier alpha value is -2.29. The van der Waals surface area contributed by atoms with E-state index in [1.165, 1.54) is 0 Å². The van der Waals surface area contributed by atoms with E-state index in [9.17, 15) is 4.79 Å². The van der Waals surface area contributed by atoms with Gasteiger partial charge in [-0.1, -0.05) is 42.5 Å². The summed E-state index contributed by atoms with van der Waals surface area (Å²) in [5, 5.41) is 9.18. The third-order valence-electron chi connectivity index (χ3n) is 3.94. The maximum Gasteiger partial charge on any atom is 0.239 e. The fraction of sp³-hybridized carbons (Fsp3) is 0.300. The molecule has 1 amide bonds. The van der Waals surface area contributed by atoms with Gasteiger partial charge in [0.1, 0.15) is 5.75 Å². The van der Waals surface area contributed by atoms with Crippen molar-refractivity contribution in [1.82, 2.24) is 16.0 Å². The molecule has 2 rings (SSSR count). The van der Waals surface area contributed by atoms with Crippen molar-refractivity contribution in [1.29, 1.82) is 0 Å².